The highest BCUT2D eigenvalue weighted by atomic mass is 32.2. The van der Waals surface area contributed by atoms with E-state index >= 15 is 0 Å². The SMILES string of the molecule is c1cc2c3c(cccc3c1)-c1cc(-c3ccc(-c4cccc5c4sc4ccccc45)s3)ccc1S2. The van der Waals surface area contributed by atoms with Crippen LogP contribution in [0, 0.1) is 0 Å². The number of rotatable bonds is 2. The Hall–Kier alpha value is -3.37. The third kappa shape index (κ3) is 2.99. The molecule has 0 fully saturated rings. The molecule has 0 amide bonds. The molecule has 0 bridgehead atoms. The molecule has 0 unspecified atom stereocenters. The Bertz CT molecular complexity index is 1930. The molecule has 2 aromatic heterocycles. The molecule has 3 heterocycles. The van der Waals surface area contributed by atoms with Crippen molar-refractivity contribution in [2.24, 2.45) is 0 Å². The lowest BCUT2D eigenvalue weighted by molar-refractivity contribution is 1.40. The lowest BCUT2D eigenvalue weighted by Gasteiger charge is -2.20. The van der Waals surface area contributed by atoms with Crippen LogP contribution in [-0.2, 0) is 0 Å². The zero-order chi connectivity index (χ0) is 22.9. The van der Waals surface area contributed by atoms with Crippen molar-refractivity contribution in [3.8, 4) is 32.0 Å². The Morgan fingerprint density at radius 3 is 2.26 bits per heavy atom. The number of fused-ring (bicyclic) bond motifs is 5. The van der Waals surface area contributed by atoms with Gasteiger partial charge in [0.2, 0.25) is 0 Å². The first-order valence-corrected chi connectivity index (χ1v) is 14.1. The second-order valence-corrected chi connectivity index (χ2v) is 12.1. The van der Waals surface area contributed by atoms with Crippen molar-refractivity contribution in [1.82, 2.24) is 0 Å². The largest absolute Gasteiger partial charge is 0.135 e. The van der Waals surface area contributed by atoms with Gasteiger partial charge in [-0.25, -0.2) is 0 Å². The van der Waals surface area contributed by atoms with Crippen LogP contribution < -0.4 is 0 Å². The number of hydrogen-bond acceptors (Lipinski definition) is 3. The maximum absolute atomic E-state index is 2.39. The summed E-state index contributed by atoms with van der Waals surface area (Å²) in [6, 6.07) is 40.3. The molecule has 1 aliphatic heterocycles. The lowest BCUT2D eigenvalue weighted by Crippen LogP contribution is -1.93. The average molecular weight is 499 g/mol. The van der Waals surface area contributed by atoms with Gasteiger partial charge in [0, 0.05) is 50.7 Å². The first kappa shape index (κ1) is 19.9. The van der Waals surface area contributed by atoms with Gasteiger partial charge in [-0.2, -0.15) is 0 Å². The van der Waals surface area contributed by atoms with Crippen LogP contribution in [0.4, 0.5) is 0 Å². The van der Waals surface area contributed by atoms with E-state index in [1.807, 2.05) is 34.4 Å². The predicted molar refractivity (Wildman–Crippen MR) is 155 cm³/mol. The maximum atomic E-state index is 2.39. The zero-order valence-corrected chi connectivity index (χ0v) is 21.1. The summed E-state index contributed by atoms with van der Waals surface area (Å²) in [5.41, 5.74) is 5.33. The summed E-state index contributed by atoms with van der Waals surface area (Å²) in [5, 5.41) is 5.41. The Morgan fingerprint density at radius 2 is 1.29 bits per heavy atom. The van der Waals surface area contributed by atoms with Crippen molar-refractivity contribution in [3.63, 3.8) is 0 Å². The third-order valence-electron chi connectivity index (χ3n) is 6.92. The van der Waals surface area contributed by atoms with E-state index in [1.165, 1.54) is 72.7 Å². The van der Waals surface area contributed by atoms with Gasteiger partial charge < -0.3 is 0 Å². The highest BCUT2D eigenvalue weighted by Gasteiger charge is 2.20. The zero-order valence-electron chi connectivity index (χ0n) is 18.6. The van der Waals surface area contributed by atoms with E-state index in [9.17, 15) is 0 Å². The Labute approximate surface area is 215 Å². The minimum absolute atomic E-state index is 1.29. The number of thiophene rings is 2. The second-order valence-electron chi connectivity index (χ2n) is 8.92. The van der Waals surface area contributed by atoms with Crippen LogP contribution in [0.5, 0.6) is 0 Å². The topological polar surface area (TPSA) is 0 Å². The van der Waals surface area contributed by atoms with Crippen LogP contribution >= 0.6 is 34.4 Å². The van der Waals surface area contributed by atoms with Gasteiger partial charge in [0.25, 0.3) is 0 Å². The van der Waals surface area contributed by atoms with Crippen LogP contribution in [0.1, 0.15) is 0 Å². The Morgan fingerprint density at radius 1 is 0.486 bits per heavy atom. The molecule has 0 N–H and O–H groups in total. The fourth-order valence-electron chi connectivity index (χ4n) is 5.30. The third-order valence-corrected chi connectivity index (χ3v) is 10.4. The molecule has 3 heteroatoms. The molecule has 7 aromatic rings. The highest BCUT2D eigenvalue weighted by Crippen LogP contribution is 2.49. The van der Waals surface area contributed by atoms with Crippen LogP contribution in [0.25, 0.3) is 63.0 Å². The summed E-state index contributed by atoms with van der Waals surface area (Å²) in [4.78, 5) is 5.34. The Balaban J connectivity index is 1.26. The van der Waals surface area contributed by atoms with Gasteiger partial charge in [-0.05, 0) is 58.5 Å². The smallest absolute Gasteiger partial charge is 0.0441 e. The molecule has 0 saturated carbocycles. The summed E-state index contributed by atoms with van der Waals surface area (Å²) in [6.45, 7) is 0. The summed E-state index contributed by atoms with van der Waals surface area (Å²) >= 11 is 5.68. The minimum atomic E-state index is 1.29. The number of benzene rings is 5. The van der Waals surface area contributed by atoms with Crippen LogP contribution in [0.15, 0.2) is 119 Å². The quantitative estimate of drug-likeness (QED) is 0.228. The first-order chi connectivity index (χ1) is 17.3. The maximum Gasteiger partial charge on any atom is 0.0441 e. The molecule has 5 aromatic carbocycles. The van der Waals surface area contributed by atoms with Crippen molar-refractivity contribution >= 4 is 65.4 Å². The van der Waals surface area contributed by atoms with Crippen molar-refractivity contribution < 1.29 is 0 Å². The molecule has 0 nitrogen and oxygen atoms in total. The normalized spacial score (nSPS) is 12.5. The highest BCUT2D eigenvalue weighted by molar-refractivity contribution is 7.99. The molecule has 0 aliphatic carbocycles. The summed E-state index contributed by atoms with van der Waals surface area (Å²) in [7, 11) is 0. The molecule has 0 atom stereocenters. The average Bonchev–Trinajstić information content (AvgIpc) is 3.54. The first-order valence-electron chi connectivity index (χ1n) is 11.7. The molecular formula is C32H18S3. The molecule has 0 saturated heterocycles. The van der Waals surface area contributed by atoms with Gasteiger partial charge in [0.1, 0.15) is 0 Å². The number of hydrogen-bond donors (Lipinski definition) is 0. The molecule has 0 spiro atoms. The van der Waals surface area contributed by atoms with Gasteiger partial charge in [-0.1, -0.05) is 84.6 Å². The van der Waals surface area contributed by atoms with E-state index in [0.717, 1.165) is 0 Å². The van der Waals surface area contributed by atoms with Gasteiger partial charge in [0.05, 0.1) is 0 Å². The van der Waals surface area contributed by atoms with Crippen molar-refractivity contribution in [2.45, 2.75) is 9.79 Å². The molecule has 8 rings (SSSR count). The lowest BCUT2D eigenvalue weighted by atomic mass is 9.96. The van der Waals surface area contributed by atoms with E-state index in [0.29, 0.717) is 0 Å². The molecule has 164 valence electrons. The van der Waals surface area contributed by atoms with Crippen molar-refractivity contribution in [3.05, 3.63) is 109 Å². The monoisotopic (exact) mass is 498 g/mol. The summed E-state index contributed by atoms with van der Waals surface area (Å²) in [6.07, 6.45) is 0. The summed E-state index contributed by atoms with van der Waals surface area (Å²) in [5.74, 6) is 0. The van der Waals surface area contributed by atoms with Crippen molar-refractivity contribution in [1.29, 1.82) is 0 Å². The van der Waals surface area contributed by atoms with Crippen LogP contribution in [0.3, 0.4) is 0 Å². The molecule has 0 radical (unpaired) electrons. The van der Waals surface area contributed by atoms with Gasteiger partial charge in [0.15, 0.2) is 0 Å². The van der Waals surface area contributed by atoms with E-state index < -0.39 is 0 Å². The van der Waals surface area contributed by atoms with E-state index in [-0.39, 0.29) is 0 Å². The van der Waals surface area contributed by atoms with E-state index in [4.69, 9.17) is 0 Å². The van der Waals surface area contributed by atoms with Crippen LogP contribution in [0.2, 0.25) is 0 Å². The van der Waals surface area contributed by atoms with Crippen molar-refractivity contribution in [2.75, 3.05) is 0 Å². The summed E-state index contributed by atoms with van der Waals surface area (Å²) < 4.78 is 2.74. The standard InChI is InChI=1S/C32H18S3/c1-2-12-27-21(8-1)23-10-5-11-24(32(23)35-27)28-17-16-26(33-28)20-14-15-29-25(18-20)22-9-3-6-19-7-4-13-30(34-29)31(19)22/h1-18H. The van der Waals surface area contributed by atoms with Crippen LogP contribution in [-0.4, -0.2) is 0 Å². The Kier molecular flexibility index (Phi) is 4.30. The van der Waals surface area contributed by atoms with Gasteiger partial charge in [-0.15, -0.1) is 22.7 Å². The predicted octanol–water partition coefficient (Wildman–Crippen LogP) is 10.7. The van der Waals surface area contributed by atoms with E-state index in [2.05, 4.69) is 109 Å². The second kappa shape index (κ2) is 7.56. The van der Waals surface area contributed by atoms with E-state index in [1.54, 1.807) is 0 Å². The minimum Gasteiger partial charge on any atom is -0.135 e. The van der Waals surface area contributed by atoms with Gasteiger partial charge >= 0.3 is 0 Å². The molecule has 35 heavy (non-hydrogen) atoms. The fraction of sp³-hybridized carbons (Fsp3) is 0. The molecular weight excluding hydrogens is 481 g/mol. The fourth-order valence-corrected chi connectivity index (χ4v) is 8.75. The molecule has 1 aliphatic rings. The van der Waals surface area contributed by atoms with Gasteiger partial charge in [-0.3, -0.25) is 0 Å².